The highest BCUT2D eigenvalue weighted by atomic mass is 32.2. The fourth-order valence-corrected chi connectivity index (χ4v) is 3.11. The average Bonchev–Trinajstić information content (AvgIpc) is 2.88. The van der Waals surface area contributed by atoms with Crippen LogP contribution in [0.25, 0.3) is 5.69 Å². The lowest BCUT2D eigenvalue weighted by atomic mass is 10.2. The van der Waals surface area contributed by atoms with Gasteiger partial charge in [0.25, 0.3) is 0 Å². The van der Waals surface area contributed by atoms with Crippen molar-refractivity contribution in [3.8, 4) is 11.6 Å². The largest absolute Gasteiger partial charge is 0.493 e. The van der Waals surface area contributed by atoms with Crippen LogP contribution < -0.4 is 11.4 Å². The van der Waals surface area contributed by atoms with Gasteiger partial charge in [0, 0.05) is 17.6 Å². The van der Waals surface area contributed by atoms with Gasteiger partial charge in [-0.1, -0.05) is 0 Å². The normalized spacial score (nSPS) is 11.7. The Hall–Kier alpha value is -2.72. The van der Waals surface area contributed by atoms with E-state index in [2.05, 4.69) is 4.98 Å². The molecule has 2 aromatic heterocycles. The van der Waals surface area contributed by atoms with E-state index in [1.807, 2.05) is 0 Å². The second-order valence-corrected chi connectivity index (χ2v) is 6.77. The fourth-order valence-electron chi connectivity index (χ4n) is 2.57. The number of rotatable bonds is 5. The molecule has 0 fully saturated rings. The van der Waals surface area contributed by atoms with Gasteiger partial charge < -0.3 is 10.8 Å². The van der Waals surface area contributed by atoms with Crippen LogP contribution in [0.15, 0.2) is 58.5 Å². The van der Waals surface area contributed by atoms with Gasteiger partial charge in [-0.2, -0.15) is 13.2 Å². The van der Waals surface area contributed by atoms with Crippen molar-refractivity contribution < 1.29 is 18.3 Å². The van der Waals surface area contributed by atoms with Gasteiger partial charge >= 0.3 is 11.2 Å². The number of halogens is 3. The summed E-state index contributed by atoms with van der Waals surface area (Å²) in [5, 5.41) is 10.1. The summed E-state index contributed by atoms with van der Waals surface area (Å²) in [6.45, 7) is 0.453. The first-order valence-electron chi connectivity index (χ1n) is 7.78. The summed E-state index contributed by atoms with van der Waals surface area (Å²) in [5.41, 5.74) is 2.35. The van der Waals surface area contributed by atoms with Crippen molar-refractivity contribution in [2.75, 3.05) is 0 Å². The number of pyridine rings is 1. The molecule has 0 saturated heterocycles. The molecule has 10 heteroatoms. The van der Waals surface area contributed by atoms with Gasteiger partial charge in [0.2, 0.25) is 5.88 Å². The van der Waals surface area contributed by atoms with Crippen molar-refractivity contribution in [3.63, 3.8) is 0 Å². The fraction of sp³-hybridized carbons (Fsp3) is 0.176. The van der Waals surface area contributed by atoms with Crippen molar-refractivity contribution in [3.05, 3.63) is 70.5 Å². The number of aromatic nitrogens is 3. The molecule has 0 unspecified atom stereocenters. The molecule has 0 amide bonds. The number of nitrogens with zero attached hydrogens (tertiary/aromatic N) is 3. The summed E-state index contributed by atoms with van der Waals surface area (Å²) >= 11 is -0.248. The molecule has 0 saturated carbocycles. The third kappa shape index (κ3) is 4.52. The molecule has 2 heterocycles. The van der Waals surface area contributed by atoms with Gasteiger partial charge in [0.15, 0.2) is 0 Å². The van der Waals surface area contributed by atoms with Crippen LogP contribution in [-0.4, -0.2) is 24.7 Å². The number of hydrogen-bond donors (Lipinski definition) is 2. The highest BCUT2D eigenvalue weighted by Gasteiger charge is 2.29. The van der Waals surface area contributed by atoms with E-state index in [0.717, 1.165) is 10.1 Å². The number of alkyl halides is 3. The van der Waals surface area contributed by atoms with E-state index >= 15 is 0 Å². The smallest absolute Gasteiger partial charge is 0.446 e. The van der Waals surface area contributed by atoms with Gasteiger partial charge in [-0.25, -0.2) is 9.36 Å². The predicted octanol–water partition coefficient (Wildman–Crippen LogP) is 2.86. The molecule has 0 bridgehead atoms. The van der Waals surface area contributed by atoms with E-state index in [1.54, 1.807) is 18.3 Å². The van der Waals surface area contributed by atoms with Gasteiger partial charge in [-0.05, 0) is 53.7 Å². The first kappa shape index (κ1) is 19.1. The molecule has 6 nitrogen and oxygen atoms in total. The van der Waals surface area contributed by atoms with Gasteiger partial charge in [0.05, 0.1) is 24.1 Å². The van der Waals surface area contributed by atoms with E-state index in [1.165, 1.54) is 35.0 Å². The maximum Gasteiger partial charge on any atom is 0.446 e. The van der Waals surface area contributed by atoms with Crippen molar-refractivity contribution in [1.82, 2.24) is 14.1 Å². The number of aromatic hydroxyl groups is 1. The zero-order chi connectivity index (χ0) is 19.6. The maximum absolute atomic E-state index is 12.6. The molecule has 3 rings (SSSR count). The Morgan fingerprint density at radius 2 is 1.89 bits per heavy atom. The summed E-state index contributed by atoms with van der Waals surface area (Å²) < 4.78 is 39.5. The molecule has 3 N–H and O–H groups in total. The number of thioether (sulfide) groups is 1. The van der Waals surface area contributed by atoms with Crippen LogP contribution in [-0.2, 0) is 13.1 Å². The Morgan fingerprint density at radius 1 is 1.19 bits per heavy atom. The molecular formula is C17H15F3N4O2S. The summed E-state index contributed by atoms with van der Waals surface area (Å²) in [6.07, 6.45) is 2.85. The summed E-state index contributed by atoms with van der Waals surface area (Å²) in [7, 11) is 0. The van der Waals surface area contributed by atoms with E-state index < -0.39 is 11.2 Å². The van der Waals surface area contributed by atoms with Crippen molar-refractivity contribution in [1.29, 1.82) is 0 Å². The maximum atomic E-state index is 12.6. The molecule has 27 heavy (non-hydrogen) atoms. The lowest BCUT2D eigenvalue weighted by Crippen LogP contribution is -2.23. The Morgan fingerprint density at radius 3 is 2.52 bits per heavy atom. The van der Waals surface area contributed by atoms with Crippen LogP contribution in [0, 0.1) is 0 Å². The predicted molar refractivity (Wildman–Crippen MR) is 94.8 cm³/mol. The SMILES string of the molecule is NCc1cc(Cn2cc(O)n(-c3ccc(SC(F)(F)F)cc3)c2=O)ccn1. The van der Waals surface area contributed by atoms with Crippen LogP contribution in [0.1, 0.15) is 11.3 Å². The minimum atomic E-state index is -4.39. The van der Waals surface area contributed by atoms with Crippen LogP contribution in [0.3, 0.4) is 0 Å². The molecule has 0 spiro atoms. The molecule has 1 aromatic carbocycles. The second kappa shape index (κ2) is 7.49. The third-order valence-electron chi connectivity index (χ3n) is 3.71. The lowest BCUT2D eigenvalue weighted by molar-refractivity contribution is -0.0328. The average molecular weight is 396 g/mol. The first-order valence-corrected chi connectivity index (χ1v) is 8.59. The molecular weight excluding hydrogens is 381 g/mol. The van der Waals surface area contributed by atoms with Crippen LogP contribution >= 0.6 is 11.8 Å². The molecule has 0 aliphatic heterocycles. The topological polar surface area (TPSA) is 86.1 Å². The highest BCUT2D eigenvalue weighted by molar-refractivity contribution is 8.00. The lowest BCUT2D eigenvalue weighted by Gasteiger charge is -2.07. The molecule has 0 aliphatic rings. The van der Waals surface area contributed by atoms with Gasteiger partial charge in [-0.15, -0.1) is 0 Å². The minimum Gasteiger partial charge on any atom is -0.493 e. The number of nitrogens with two attached hydrogens (primary N) is 1. The van der Waals surface area contributed by atoms with Crippen molar-refractivity contribution in [2.45, 2.75) is 23.5 Å². The van der Waals surface area contributed by atoms with E-state index in [-0.39, 0.29) is 41.3 Å². The zero-order valence-electron chi connectivity index (χ0n) is 13.8. The molecule has 0 radical (unpaired) electrons. The Balaban J connectivity index is 1.88. The second-order valence-electron chi connectivity index (χ2n) is 5.63. The summed E-state index contributed by atoms with van der Waals surface area (Å²) in [6, 6.07) is 8.66. The minimum absolute atomic E-state index is 0.00989. The van der Waals surface area contributed by atoms with Gasteiger partial charge in [-0.3, -0.25) is 9.55 Å². The standard InChI is InChI=1S/C17H15F3N4O2S/c18-17(19,20)27-14-3-1-13(2-4-14)24-15(25)10-23(16(24)26)9-11-5-6-22-12(7-11)8-21/h1-7,10,25H,8-9,21H2. The van der Waals surface area contributed by atoms with Crippen LogP contribution in [0.2, 0.25) is 0 Å². The zero-order valence-corrected chi connectivity index (χ0v) is 14.7. The summed E-state index contributed by atoms with van der Waals surface area (Å²) in [5.74, 6) is -0.315. The number of hydrogen-bond acceptors (Lipinski definition) is 5. The quantitative estimate of drug-likeness (QED) is 0.648. The Labute approximate surface area is 156 Å². The van der Waals surface area contributed by atoms with E-state index in [0.29, 0.717) is 5.69 Å². The highest BCUT2D eigenvalue weighted by Crippen LogP contribution is 2.37. The van der Waals surface area contributed by atoms with E-state index in [4.69, 9.17) is 5.73 Å². The molecule has 0 aliphatic carbocycles. The van der Waals surface area contributed by atoms with Gasteiger partial charge in [0.1, 0.15) is 0 Å². The number of imidazole rings is 1. The third-order valence-corrected chi connectivity index (χ3v) is 4.45. The van der Waals surface area contributed by atoms with Crippen LogP contribution in [0.4, 0.5) is 13.2 Å². The van der Waals surface area contributed by atoms with Crippen molar-refractivity contribution in [2.24, 2.45) is 5.73 Å². The van der Waals surface area contributed by atoms with Crippen molar-refractivity contribution >= 4 is 11.8 Å². The summed E-state index contributed by atoms with van der Waals surface area (Å²) in [4.78, 5) is 16.7. The number of benzene rings is 1. The monoisotopic (exact) mass is 396 g/mol. The Bertz CT molecular complexity index is 997. The molecule has 142 valence electrons. The Kier molecular flexibility index (Phi) is 5.29. The van der Waals surface area contributed by atoms with E-state index in [9.17, 15) is 23.1 Å². The molecule has 3 aromatic rings. The van der Waals surface area contributed by atoms with Crippen LogP contribution in [0.5, 0.6) is 5.88 Å². The first-order chi connectivity index (χ1) is 12.8. The molecule has 0 atom stereocenters.